The monoisotopic (exact) mass is 394 g/mol. The molecule has 0 bridgehead atoms. The number of hydrogen-bond acceptors (Lipinski definition) is 4. The van der Waals surface area contributed by atoms with Gasteiger partial charge in [0.1, 0.15) is 5.75 Å². The summed E-state index contributed by atoms with van der Waals surface area (Å²) in [4.78, 5) is 35.8. The third-order valence-corrected chi connectivity index (χ3v) is 4.70. The number of nitrogens with one attached hydrogen (secondary N) is 2. The van der Waals surface area contributed by atoms with Crippen molar-refractivity contribution in [2.24, 2.45) is 11.8 Å². The van der Waals surface area contributed by atoms with Crippen LogP contribution in [0.3, 0.4) is 0 Å². The maximum atomic E-state index is 12.3. The fourth-order valence-corrected chi connectivity index (χ4v) is 3.34. The Labute approximate surface area is 162 Å². The van der Waals surface area contributed by atoms with Crippen LogP contribution in [-0.2, 0) is 14.4 Å². The molecule has 2 amide bonds. The van der Waals surface area contributed by atoms with E-state index < -0.39 is 35.7 Å². The molecular formula is C19H23ClN2O5. The zero-order valence-corrected chi connectivity index (χ0v) is 16.2. The smallest absolute Gasteiger partial charge is 0.307 e. The maximum Gasteiger partial charge on any atom is 0.307 e. The number of halogens is 1. The van der Waals surface area contributed by atoms with Gasteiger partial charge in [-0.3, -0.25) is 25.2 Å². The van der Waals surface area contributed by atoms with Crippen molar-refractivity contribution in [3.05, 3.63) is 40.4 Å². The van der Waals surface area contributed by atoms with Gasteiger partial charge in [-0.05, 0) is 56.9 Å². The van der Waals surface area contributed by atoms with Crippen LogP contribution in [0.4, 0.5) is 0 Å². The molecule has 0 aromatic heterocycles. The van der Waals surface area contributed by atoms with E-state index in [-0.39, 0.29) is 6.42 Å². The van der Waals surface area contributed by atoms with E-state index in [9.17, 15) is 19.5 Å². The highest BCUT2D eigenvalue weighted by Gasteiger charge is 2.34. The van der Waals surface area contributed by atoms with Crippen molar-refractivity contribution < 1.29 is 24.2 Å². The predicted octanol–water partition coefficient (Wildman–Crippen LogP) is 2.54. The van der Waals surface area contributed by atoms with Gasteiger partial charge in [-0.25, -0.2) is 0 Å². The number of hydrogen-bond donors (Lipinski definition) is 3. The van der Waals surface area contributed by atoms with Crippen molar-refractivity contribution in [1.29, 1.82) is 0 Å². The third-order valence-electron chi connectivity index (χ3n) is 4.48. The number of aryl methyl sites for hydroxylation is 2. The molecule has 146 valence electrons. The highest BCUT2D eigenvalue weighted by atomic mass is 35.5. The Morgan fingerprint density at radius 3 is 2.22 bits per heavy atom. The minimum atomic E-state index is -1.03. The van der Waals surface area contributed by atoms with Gasteiger partial charge in [0.05, 0.1) is 11.8 Å². The van der Waals surface area contributed by atoms with Gasteiger partial charge in [0.15, 0.2) is 6.10 Å². The Morgan fingerprint density at radius 2 is 1.67 bits per heavy atom. The number of carboxylic acids is 1. The van der Waals surface area contributed by atoms with Crippen LogP contribution in [0.1, 0.15) is 30.9 Å². The Kier molecular flexibility index (Phi) is 6.85. The molecule has 3 atom stereocenters. The molecule has 0 radical (unpaired) electrons. The van der Waals surface area contributed by atoms with E-state index in [4.69, 9.17) is 16.3 Å². The fraction of sp³-hybridized carbons (Fsp3) is 0.421. The van der Waals surface area contributed by atoms with Crippen LogP contribution in [0.15, 0.2) is 24.3 Å². The summed E-state index contributed by atoms with van der Waals surface area (Å²) in [5, 5.41) is 9.81. The van der Waals surface area contributed by atoms with Gasteiger partial charge in [0.2, 0.25) is 5.91 Å². The fourth-order valence-electron chi connectivity index (χ4n) is 3.01. The van der Waals surface area contributed by atoms with E-state index >= 15 is 0 Å². The minimum Gasteiger partial charge on any atom is -0.481 e. The summed E-state index contributed by atoms with van der Waals surface area (Å²) in [5.74, 6) is -3.10. The van der Waals surface area contributed by atoms with Gasteiger partial charge in [-0.15, -0.1) is 0 Å². The summed E-state index contributed by atoms with van der Waals surface area (Å²) in [7, 11) is 0. The number of carbonyl (C=O) groups is 3. The largest absolute Gasteiger partial charge is 0.481 e. The molecule has 2 rings (SSSR count). The topological polar surface area (TPSA) is 105 Å². The summed E-state index contributed by atoms with van der Waals surface area (Å²) in [6, 6.07) is 3.47. The molecule has 27 heavy (non-hydrogen) atoms. The van der Waals surface area contributed by atoms with Crippen molar-refractivity contribution in [2.75, 3.05) is 0 Å². The number of benzene rings is 1. The average molecular weight is 395 g/mol. The Morgan fingerprint density at radius 1 is 1.11 bits per heavy atom. The normalized spacial score (nSPS) is 19.9. The van der Waals surface area contributed by atoms with Crippen LogP contribution in [0.5, 0.6) is 5.75 Å². The highest BCUT2D eigenvalue weighted by Crippen LogP contribution is 2.28. The Balaban J connectivity index is 1.94. The second-order valence-electron chi connectivity index (χ2n) is 6.60. The molecule has 1 aliphatic carbocycles. The Bertz CT molecular complexity index is 754. The van der Waals surface area contributed by atoms with E-state index in [0.717, 1.165) is 11.1 Å². The molecule has 3 N–H and O–H groups in total. The number of carboxylic acid groups (broad SMARTS) is 1. The van der Waals surface area contributed by atoms with Gasteiger partial charge in [0.25, 0.3) is 5.91 Å². The molecule has 0 spiro atoms. The van der Waals surface area contributed by atoms with Crippen molar-refractivity contribution in [3.8, 4) is 5.75 Å². The van der Waals surface area contributed by atoms with Crippen LogP contribution >= 0.6 is 11.6 Å². The first-order valence-corrected chi connectivity index (χ1v) is 8.99. The summed E-state index contributed by atoms with van der Waals surface area (Å²) in [6.45, 7) is 5.20. The van der Waals surface area contributed by atoms with Gasteiger partial charge in [0, 0.05) is 5.02 Å². The molecule has 0 saturated heterocycles. The minimum absolute atomic E-state index is 0.288. The first-order chi connectivity index (χ1) is 12.7. The van der Waals surface area contributed by atoms with Gasteiger partial charge in [-0.2, -0.15) is 0 Å². The lowest BCUT2D eigenvalue weighted by molar-refractivity contribution is -0.147. The number of amides is 2. The highest BCUT2D eigenvalue weighted by molar-refractivity contribution is 6.30. The van der Waals surface area contributed by atoms with Gasteiger partial charge in [-0.1, -0.05) is 23.8 Å². The Hall–Kier alpha value is -2.54. The summed E-state index contributed by atoms with van der Waals surface area (Å²) < 4.78 is 5.70. The molecule has 0 aliphatic heterocycles. The second kappa shape index (κ2) is 8.90. The summed E-state index contributed by atoms with van der Waals surface area (Å²) in [5.41, 5.74) is 6.20. The zero-order valence-electron chi connectivity index (χ0n) is 15.4. The first-order valence-electron chi connectivity index (χ1n) is 8.61. The van der Waals surface area contributed by atoms with Gasteiger partial charge >= 0.3 is 5.97 Å². The molecule has 0 fully saturated rings. The molecule has 1 aliphatic rings. The van der Waals surface area contributed by atoms with Crippen LogP contribution in [0, 0.1) is 25.7 Å². The molecule has 3 unspecified atom stereocenters. The number of carbonyl (C=O) groups excluding carboxylic acids is 2. The standard InChI is InChI=1S/C19H23ClN2O5/c1-10-8-13(20)9-11(2)16(10)27-12(3)17(23)21-22-18(24)14-6-4-5-7-15(14)19(25)26/h4-5,8-9,12,14-15H,6-7H2,1-3H3,(H,21,23)(H,22,24)(H,25,26). The molecule has 1 aromatic carbocycles. The summed E-state index contributed by atoms with van der Waals surface area (Å²) in [6.07, 6.45) is 3.24. The van der Waals surface area contributed by atoms with E-state index in [1.807, 2.05) is 13.8 Å². The SMILES string of the molecule is Cc1cc(Cl)cc(C)c1OC(C)C(=O)NNC(=O)C1CC=CCC1C(=O)O. The maximum absolute atomic E-state index is 12.3. The molecular weight excluding hydrogens is 372 g/mol. The van der Waals surface area contributed by atoms with Crippen LogP contribution in [-0.4, -0.2) is 29.0 Å². The van der Waals surface area contributed by atoms with Gasteiger partial charge < -0.3 is 9.84 Å². The third kappa shape index (κ3) is 5.23. The van der Waals surface area contributed by atoms with Crippen molar-refractivity contribution in [1.82, 2.24) is 10.9 Å². The van der Waals surface area contributed by atoms with Crippen molar-refractivity contribution in [2.45, 2.75) is 39.7 Å². The number of rotatable bonds is 5. The van der Waals surface area contributed by atoms with Crippen LogP contribution in [0.2, 0.25) is 5.02 Å². The van der Waals surface area contributed by atoms with E-state index in [1.54, 1.807) is 31.2 Å². The molecule has 1 aromatic rings. The second-order valence-corrected chi connectivity index (χ2v) is 7.04. The van der Waals surface area contributed by atoms with E-state index in [1.165, 1.54) is 0 Å². The average Bonchev–Trinajstić information content (AvgIpc) is 2.62. The quantitative estimate of drug-likeness (QED) is 0.525. The van der Waals surface area contributed by atoms with E-state index in [2.05, 4.69) is 10.9 Å². The number of aliphatic carboxylic acids is 1. The molecule has 8 heteroatoms. The predicted molar refractivity (Wildman–Crippen MR) is 100 cm³/mol. The lowest BCUT2D eigenvalue weighted by Gasteiger charge is -2.24. The van der Waals surface area contributed by atoms with Crippen LogP contribution in [0.25, 0.3) is 0 Å². The van der Waals surface area contributed by atoms with Crippen molar-refractivity contribution in [3.63, 3.8) is 0 Å². The summed E-state index contributed by atoms with van der Waals surface area (Å²) >= 11 is 5.98. The lowest BCUT2D eigenvalue weighted by Crippen LogP contribution is -2.50. The molecule has 0 heterocycles. The first kappa shape index (κ1) is 20.8. The zero-order chi connectivity index (χ0) is 20.1. The number of allylic oxidation sites excluding steroid dienone is 2. The van der Waals surface area contributed by atoms with E-state index in [0.29, 0.717) is 17.2 Å². The lowest BCUT2D eigenvalue weighted by atomic mass is 9.82. The van der Waals surface area contributed by atoms with Crippen molar-refractivity contribution >= 4 is 29.4 Å². The number of ether oxygens (including phenoxy) is 1. The number of hydrazine groups is 1. The molecule has 0 saturated carbocycles. The molecule has 7 nitrogen and oxygen atoms in total. The van der Waals surface area contributed by atoms with Crippen LogP contribution < -0.4 is 15.6 Å².